The molecule has 0 saturated heterocycles. The molecule has 180 valence electrons. The number of carbonyl (C=O) groups excluding carboxylic acids is 1. The topological polar surface area (TPSA) is 151 Å². The molecule has 0 aliphatic heterocycles. The molecule has 4 rings (SSSR count). The van der Waals surface area contributed by atoms with Crippen LogP contribution < -0.4 is 27.2 Å². The highest BCUT2D eigenvalue weighted by molar-refractivity contribution is 5.94. The zero-order valence-corrected chi connectivity index (χ0v) is 19.3. The van der Waals surface area contributed by atoms with E-state index < -0.39 is 5.56 Å². The fourth-order valence-electron chi connectivity index (χ4n) is 4.16. The molecule has 6 N–H and O–H groups in total. The van der Waals surface area contributed by atoms with Crippen LogP contribution in [0.5, 0.6) is 0 Å². The van der Waals surface area contributed by atoms with Gasteiger partial charge in [0.1, 0.15) is 0 Å². The highest BCUT2D eigenvalue weighted by atomic mass is 16.1. The largest absolute Gasteiger partial charge is 0.379 e. The summed E-state index contributed by atoms with van der Waals surface area (Å²) in [6.07, 6.45) is 10.1. The SMILES string of the molecule is Nc1nc2ncc(CNc3ccc(C(=O)NCCCCCNC4CCCC4)cc3)nc2c(=O)[nH]1. The second-order valence-electron chi connectivity index (χ2n) is 8.67. The Morgan fingerprint density at radius 2 is 1.82 bits per heavy atom. The lowest BCUT2D eigenvalue weighted by Crippen LogP contribution is -2.27. The third-order valence-corrected chi connectivity index (χ3v) is 6.03. The number of aromatic nitrogens is 4. The summed E-state index contributed by atoms with van der Waals surface area (Å²) < 4.78 is 0. The van der Waals surface area contributed by atoms with Crippen molar-refractivity contribution in [1.29, 1.82) is 0 Å². The van der Waals surface area contributed by atoms with Gasteiger partial charge >= 0.3 is 0 Å². The standard InChI is InChI=1S/C24H32N8O2/c25-24-31-21-20(23(34)32-24)30-19(15-29-21)14-28-18-10-8-16(9-11-18)22(33)27-13-5-1-4-12-26-17-6-2-3-7-17/h8-11,15,17,26,28H,1-7,12-14H2,(H,27,33)(H3,25,29,31,32,34). The van der Waals surface area contributed by atoms with Crippen LogP contribution >= 0.6 is 0 Å². The van der Waals surface area contributed by atoms with E-state index in [0.29, 0.717) is 24.3 Å². The Kier molecular flexibility index (Phi) is 8.03. The molecule has 0 radical (unpaired) electrons. The van der Waals surface area contributed by atoms with E-state index in [1.165, 1.54) is 25.7 Å². The average Bonchev–Trinajstić information content (AvgIpc) is 3.36. The normalized spacial score (nSPS) is 13.9. The molecule has 0 atom stereocenters. The molecule has 3 aromatic rings. The Hall–Kier alpha value is -3.53. The molecule has 1 aliphatic rings. The summed E-state index contributed by atoms with van der Waals surface area (Å²) in [6, 6.07) is 7.97. The van der Waals surface area contributed by atoms with Crippen molar-refractivity contribution in [3.05, 3.63) is 52.1 Å². The maximum absolute atomic E-state index is 12.4. The Bertz CT molecular complexity index is 1160. The first-order valence-electron chi connectivity index (χ1n) is 12.0. The van der Waals surface area contributed by atoms with Gasteiger partial charge in [0.25, 0.3) is 11.5 Å². The minimum absolute atomic E-state index is 0.00801. The van der Waals surface area contributed by atoms with Crippen molar-refractivity contribution in [2.24, 2.45) is 0 Å². The van der Waals surface area contributed by atoms with Crippen LogP contribution in [-0.4, -0.2) is 45.0 Å². The van der Waals surface area contributed by atoms with Crippen molar-refractivity contribution in [3.8, 4) is 0 Å². The number of benzene rings is 1. The number of aromatic amines is 1. The van der Waals surface area contributed by atoms with Gasteiger partial charge in [0, 0.05) is 23.8 Å². The minimum atomic E-state index is -0.423. The molecular weight excluding hydrogens is 432 g/mol. The molecule has 1 aromatic carbocycles. The predicted molar refractivity (Wildman–Crippen MR) is 133 cm³/mol. The molecule has 1 amide bonds. The van der Waals surface area contributed by atoms with Gasteiger partial charge in [-0.3, -0.25) is 14.6 Å². The first-order valence-corrected chi connectivity index (χ1v) is 12.0. The van der Waals surface area contributed by atoms with Crippen molar-refractivity contribution >= 4 is 28.7 Å². The van der Waals surface area contributed by atoms with Gasteiger partial charge in [0.15, 0.2) is 11.2 Å². The third-order valence-electron chi connectivity index (χ3n) is 6.03. The number of amides is 1. The fourth-order valence-corrected chi connectivity index (χ4v) is 4.16. The summed E-state index contributed by atoms with van der Waals surface area (Å²) in [5.41, 5.74) is 7.49. The lowest BCUT2D eigenvalue weighted by Gasteiger charge is -2.11. The number of anilines is 2. The first-order chi connectivity index (χ1) is 16.6. The molecule has 1 aliphatic carbocycles. The Morgan fingerprint density at radius 3 is 2.62 bits per heavy atom. The molecule has 1 saturated carbocycles. The van der Waals surface area contributed by atoms with Crippen molar-refractivity contribution in [2.45, 2.75) is 57.5 Å². The predicted octanol–water partition coefficient (Wildman–Crippen LogP) is 2.34. The van der Waals surface area contributed by atoms with E-state index >= 15 is 0 Å². The molecule has 34 heavy (non-hydrogen) atoms. The van der Waals surface area contributed by atoms with Crippen LogP contribution in [0.1, 0.15) is 61.0 Å². The van der Waals surface area contributed by atoms with Crippen LogP contribution in [0.3, 0.4) is 0 Å². The van der Waals surface area contributed by atoms with Gasteiger partial charge in [0.05, 0.1) is 18.4 Å². The molecule has 0 bridgehead atoms. The zero-order valence-electron chi connectivity index (χ0n) is 19.3. The summed E-state index contributed by atoms with van der Waals surface area (Å²) >= 11 is 0. The highest BCUT2D eigenvalue weighted by Crippen LogP contribution is 2.17. The van der Waals surface area contributed by atoms with Gasteiger partial charge < -0.3 is 21.7 Å². The number of hydrogen-bond acceptors (Lipinski definition) is 8. The maximum atomic E-state index is 12.4. The van der Waals surface area contributed by atoms with Gasteiger partial charge in [-0.2, -0.15) is 4.98 Å². The number of unbranched alkanes of at least 4 members (excludes halogenated alkanes) is 2. The zero-order chi connectivity index (χ0) is 23.8. The first kappa shape index (κ1) is 23.6. The Labute approximate surface area is 198 Å². The van der Waals surface area contributed by atoms with Gasteiger partial charge in [-0.05, 0) is 56.5 Å². The summed E-state index contributed by atoms with van der Waals surface area (Å²) in [4.78, 5) is 39.2. The van der Waals surface area contributed by atoms with E-state index in [-0.39, 0.29) is 23.0 Å². The number of hydrogen-bond donors (Lipinski definition) is 5. The van der Waals surface area contributed by atoms with Crippen LogP contribution in [0.25, 0.3) is 11.2 Å². The molecule has 10 nitrogen and oxygen atoms in total. The van der Waals surface area contributed by atoms with Crippen LogP contribution in [0, 0.1) is 0 Å². The average molecular weight is 465 g/mol. The highest BCUT2D eigenvalue weighted by Gasteiger charge is 2.13. The van der Waals surface area contributed by atoms with Crippen molar-refractivity contribution in [3.63, 3.8) is 0 Å². The van der Waals surface area contributed by atoms with Crippen LogP contribution in [0.2, 0.25) is 0 Å². The van der Waals surface area contributed by atoms with Crippen LogP contribution in [0.15, 0.2) is 35.3 Å². The summed E-state index contributed by atoms with van der Waals surface area (Å²) in [7, 11) is 0. The number of nitrogens with zero attached hydrogens (tertiary/aromatic N) is 3. The van der Waals surface area contributed by atoms with E-state index in [4.69, 9.17) is 5.73 Å². The number of rotatable bonds is 11. The number of fused-ring (bicyclic) bond motifs is 1. The minimum Gasteiger partial charge on any atom is -0.379 e. The van der Waals surface area contributed by atoms with Gasteiger partial charge in [-0.1, -0.05) is 19.3 Å². The number of nitrogens with two attached hydrogens (primary N) is 1. The fraction of sp³-hybridized carbons (Fsp3) is 0.458. The second kappa shape index (κ2) is 11.6. The van der Waals surface area contributed by atoms with E-state index in [1.807, 2.05) is 12.1 Å². The quantitative estimate of drug-likeness (QED) is 0.271. The van der Waals surface area contributed by atoms with E-state index in [2.05, 4.69) is 35.9 Å². The summed E-state index contributed by atoms with van der Waals surface area (Å²) in [6.45, 7) is 2.12. The molecule has 0 unspecified atom stereocenters. The summed E-state index contributed by atoms with van der Waals surface area (Å²) in [5.74, 6) is -0.0596. The van der Waals surface area contributed by atoms with Crippen molar-refractivity contribution in [1.82, 2.24) is 30.6 Å². The van der Waals surface area contributed by atoms with E-state index in [1.54, 1.807) is 18.3 Å². The van der Waals surface area contributed by atoms with Crippen LogP contribution in [0.4, 0.5) is 11.6 Å². The molecular formula is C24H32N8O2. The van der Waals surface area contributed by atoms with Crippen LogP contribution in [-0.2, 0) is 6.54 Å². The van der Waals surface area contributed by atoms with E-state index in [0.717, 1.165) is 37.5 Å². The molecule has 10 heteroatoms. The van der Waals surface area contributed by atoms with Crippen molar-refractivity contribution in [2.75, 3.05) is 24.1 Å². The summed E-state index contributed by atoms with van der Waals surface area (Å²) in [5, 5.41) is 9.83. The van der Waals surface area contributed by atoms with E-state index in [9.17, 15) is 9.59 Å². The molecule has 2 heterocycles. The molecule has 0 spiro atoms. The number of nitrogen functional groups attached to an aromatic ring is 1. The smallest absolute Gasteiger partial charge is 0.280 e. The number of H-pyrrole nitrogens is 1. The number of carbonyl (C=O) groups is 1. The van der Waals surface area contributed by atoms with Gasteiger partial charge in [-0.25, -0.2) is 9.97 Å². The lowest BCUT2D eigenvalue weighted by atomic mass is 10.1. The van der Waals surface area contributed by atoms with Gasteiger partial charge in [-0.15, -0.1) is 0 Å². The molecule has 2 aromatic heterocycles. The Morgan fingerprint density at radius 1 is 1.06 bits per heavy atom. The lowest BCUT2D eigenvalue weighted by molar-refractivity contribution is 0.0953. The third kappa shape index (κ3) is 6.50. The maximum Gasteiger partial charge on any atom is 0.280 e. The monoisotopic (exact) mass is 464 g/mol. The van der Waals surface area contributed by atoms with Gasteiger partial charge in [0.2, 0.25) is 5.95 Å². The Balaban J connectivity index is 1.17. The number of nitrogens with one attached hydrogen (secondary N) is 4. The second-order valence-corrected chi connectivity index (χ2v) is 8.67. The molecule has 1 fully saturated rings. The van der Waals surface area contributed by atoms with Crippen molar-refractivity contribution < 1.29 is 4.79 Å².